The van der Waals surface area contributed by atoms with Crippen LogP contribution in [0.25, 0.3) is 0 Å². The first-order chi connectivity index (χ1) is 8.36. The maximum Gasteiger partial charge on any atom is 0.157 e. The number of ether oxygens (including phenoxy) is 4. The summed E-state index contributed by atoms with van der Waals surface area (Å²) in [6.07, 6.45) is 5.17. The lowest BCUT2D eigenvalue weighted by atomic mass is 10.2. The van der Waals surface area contributed by atoms with E-state index in [1.54, 1.807) is 0 Å². The lowest BCUT2D eigenvalue weighted by molar-refractivity contribution is -0.171. The van der Waals surface area contributed by atoms with Crippen molar-refractivity contribution < 1.29 is 18.9 Å². The normalized spacial score (nSPS) is 21.0. The van der Waals surface area contributed by atoms with Gasteiger partial charge in [0.1, 0.15) is 0 Å². The molecule has 0 radical (unpaired) electrons. The van der Waals surface area contributed by atoms with Gasteiger partial charge in [0.2, 0.25) is 0 Å². The molecule has 1 aliphatic heterocycles. The van der Waals surface area contributed by atoms with Gasteiger partial charge in [-0.1, -0.05) is 0 Å². The highest BCUT2D eigenvalue weighted by molar-refractivity contribution is 4.54. The third-order valence-electron chi connectivity index (χ3n) is 2.73. The minimum atomic E-state index is -0.0825. The van der Waals surface area contributed by atoms with Crippen LogP contribution in [-0.2, 0) is 18.9 Å². The SMILES string of the molecule is CCOC(CCCOC1CCCCO1)OCC. The molecule has 1 saturated heterocycles. The Kier molecular flexibility index (Phi) is 8.61. The highest BCUT2D eigenvalue weighted by atomic mass is 16.7. The van der Waals surface area contributed by atoms with Gasteiger partial charge in [-0.3, -0.25) is 0 Å². The molecule has 4 heteroatoms. The molecule has 0 N–H and O–H groups in total. The molecule has 1 atom stereocenters. The van der Waals surface area contributed by atoms with Crippen molar-refractivity contribution in [1.82, 2.24) is 0 Å². The zero-order valence-corrected chi connectivity index (χ0v) is 11.2. The Morgan fingerprint density at radius 3 is 2.53 bits per heavy atom. The van der Waals surface area contributed by atoms with Crippen molar-refractivity contribution in [3.8, 4) is 0 Å². The standard InChI is InChI=1S/C13H26O4/c1-3-14-12(15-4-2)9-7-11-17-13-8-5-6-10-16-13/h12-13H,3-11H2,1-2H3. The second-order valence-electron chi connectivity index (χ2n) is 4.15. The second kappa shape index (κ2) is 9.83. The first-order valence-corrected chi connectivity index (χ1v) is 6.83. The summed E-state index contributed by atoms with van der Waals surface area (Å²) in [6, 6.07) is 0. The van der Waals surface area contributed by atoms with Gasteiger partial charge in [-0.15, -0.1) is 0 Å². The minimum absolute atomic E-state index is 0.0152. The topological polar surface area (TPSA) is 36.9 Å². The summed E-state index contributed by atoms with van der Waals surface area (Å²) in [5.74, 6) is 0. The van der Waals surface area contributed by atoms with E-state index in [4.69, 9.17) is 18.9 Å². The van der Waals surface area contributed by atoms with E-state index in [1.165, 1.54) is 6.42 Å². The largest absolute Gasteiger partial charge is 0.353 e. The van der Waals surface area contributed by atoms with Crippen molar-refractivity contribution in [2.45, 2.75) is 58.5 Å². The molecule has 1 rings (SSSR count). The van der Waals surface area contributed by atoms with E-state index in [9.17, 15) is 0 Å². The Morgan fingerprint density at radius 1 is 1.18 bits per heavy atom. The summed E-state index contributed by atoms with van der Waals surface area (Å²) in [5, 5.41) is 0. The van der Waals surface area contributed by atoms with Gasteiger partial charge >= 0.3 is 0 Å². The van der Waals surface area contributed by atoms with Crippen molar-refractivity contribution in [3.63, 3.8) is 0 Å². The van der Waals surface area contributed by atoms with Crippen molar-refractivity contribution >= 4 is 0 Å². The van der Waals surface area contributed by atoms with Gasteiger partial charge in [-0.2, -0.15) is 0 Å². The number of rotatable bonds is 9. The van der Waals surface area contributed by atoms with Gasteiger partial charge < -0.3 is 18.9 Å². The zero-order valence-electron chi connectivity index (χ0n) is 11.2. The molecule has 0 spiro atoms. The van der Waals surface area contributed by atoms with E-state index in [1.807, 2.05) is 13.8 Å². The highest BCUT2D eigenvalue weighted by Gasteiger charge is 2.14. The van der Waals surface area contributed by atoms with Gasteiger partial charge in [0.15, 0.2) is 12.6 Å². The van der Waals surface area contributed by atoms with E-state index in [0.29, 0.717) is 13.2 Å². The molecule has 0 saturated carbocycles. The molecule has 0 aliphatic carbocycles. The van der Waals surface area contributed by atoms with Crippen molar-refractivity contribution in [3.05, 3.63) is 0 Å². The molecule has 4 nitrogen and oxygen atoms in total. The smallest absolute Gasteiger partial charge is 0.157 e. The molecule has 1 fully saturated rings. The Hall–Kier alpha value is -0.160. The summed E-state index contributed by atoms with van der Waals surface area (Å²) in [7, 11) is 0. The Labute approximate surface area is 105 Å². The summed E-state index contributed by atoms with van der Waals surface area (Å²) in [6.45, 7) is 6.91. The molecule has 1 unspecified atom stereocenters. The van der Waals surface area contributed by atoms with Gasteiger partial charge in [0.25, 0.3) is 0 Å². The molecule has 1 heterocycles. The van der Waals surface area contributed by atoms with Crippen LogP contribution >= 0.6 is 0 Å². The Balaban J connectivity index is 2.00. The summed E-state index contributed by atoms with van der Waals surface area (Å²) < 4.78 is 22.1. The Bertz CT molecular complexity index is 163. The lowest BCUT2D eigenvalue weighted by Crippen LogP contribution is -2.23. The molecular weight excluding hydrogens is 220 g/mol. The van der Waals surface area contributed by atoms with Gasteiger partial charge in [-0.05, 0) is 39.5 Å². The van der Waals surface area contributed by atoms with Crippen LogP contribution in [0.4, 0.5) is 0 Å². The van der Waals surface area contributed by atoms with E-state index in [2.05, 4.69) is 0 Å². The fourth-order valence-electron chi connectivity index (χ4n) is 1.89. The first-order valence-electron chi connectivity index (χ1n) is 6.83. The molecule has 102 valence electrons. The monoisotopic (exact) mass is 246 g/mol. The Morgan fingerprint density at radius 2 is 1.94 bits per heavy atom. The quantitative estimate of drug-likeness (QED) is 0.463. The third kappa shape index (κ3) is 6.99. The molecule has 0 aromatic rings. The van der Waals surface area contributed by atoms with E-state index in [-0.39, 0.29) is 12.6 Å². The summed E-state index contributed by atoms with van der Waals surface area (Å²) >= 11 is 0. The third-order valence-corrected chi connectivity index (χ3v) is 2.73. The first kappa shape index (κ1) is 14.9. The van der Waals surface area contributed by atoms with E-state index >= 15 is 0 Å². The van der Waals surface area contributed by atoms with Crippen molar-refractivity contribution in [2.24, 2.45) is 0 Å². The molecule has 0 aromatic carbocycles. The van der Waals surface area contributed by atoms with E-state index in [0.717, 1.165) is 38.9 Å². The average molecular weight is 246 g/mol. The maximum absolute atomic E-state index is 5.66. The average Bonchev–Trinajstić information content (AvgIpc) is 2.36. The van der Waals surface area contributed by atoms with Gasteiger partial charge in [0.05, 0.1) is 0 Å². The minimum Gasteiger partial charge on any atom is -0.353 e. The molecular formula is C13H26O4. The van der Waals surface area contributed by atoms with Crippen LogP contribution in [0.5, 0.6) is 0 Å². The fourth-order valence-corrected chi connectivity index (χ4v) is 1.89. The van der Waals surface area contributed by atoms with Gasteiger partial charge in [0, 0.05) is 32.8 Å². The molecule has 1 aliphatic rings. The van der Waals surface area contributed by atoms with Crippen LogP contribution in [-0.4, -0.2) is 39.0 Å². The van der Waals surface area contributed by atoms with Crippen LogP contribution in [0.1, 0.15) is 46.0 Å². The van der Waals surface area contributed by atoms with Gasteiger partial charge in [-0.25, -0.2) is 0 Å². The fraction of sp³-hybridized carbons (Fsp3) is 1.00. The molecule has 17 heavy (non-hydrogen) atoms. The predicted molar refractivity (Wildman–Crippen MR) is 65.8 cm³/mol. The molecule has 0 amide bonds. The second-order valence-corrected chi connectivity index (χ2v) is 4.15. The highest BCUT2D eigenvalue weighted by Crippen LogP contribution is 2.14. The van der Waals surface area contributed by atoms with Crippen molar-refractivity contribution in [1.29, 1.82) is 0 Å². The number of hydrogen-bond donors (Lipinski definition) is 0. The molecule has 0 aromatic heterocycles. The van der Waals surface area contributed by atoms with E-state index < -0.39 is 0 Å². The lowest BCUT2D eigenvalue weighted by Gasteiger charge is -2.23. The van der Waals surface area contributed by atoms with Crippen LogP contribution in [0.3, 0.4) is 0 Å². The predicted octanol–water partition coefficient (Wildman–Crippen LogP) is 2.71. The summed E-state index contributed by atoms with van der Waals surface area (Å²) in [4.78, 5) is 0. The van der Waals surface area contributed by atoms with Crippen LogP contribution < -0.4 is 0 Å². The van der Waals surface area contributed by atoms with Crippen LogP contribution in [0, 0.1) is 0 Å². The summed E-state index contributed by atoms with van der Waals surface area (Å²) in [5.41, 5.74) is 0. The number of hydrogen-bond acceptors (Lipinski definition) is 4. The molecule has 0 bridgehead atoms. The van der Waals surface area contributed by atoms with Crippen molar-refractivity contribution in [2.75, 3.05) is 26.4 Å². The van der Waals surface area contributed by atoms with Crippen LogP contribution in [0.2, 0.25) is 0 Å². The zero-order chi connectivity index (χ0) is 12.3. The van der Waals surface area contributed by atoms with Crippen LogP contribution in [0.15, 0.2) is 0 Å². The maximum atomic E-state index is 5.66.